The maximum atomic E-state index is 10.2. The molecule has 1 N–H and O–H groups in total. The molecule has 2 heteroatoms. The van der Waals surface area contributed by atoms with Gasteiger partial charge in [0.15, 0.2) is 0 Å². The topological polar surface area (TPSA) is 23.5 Å². The molecule has 0 bridgehead atoms. The van der Waals surface area contributed by atoms with Crippen LogP contribution >= 0.6 is 0 Å². The zero-order valence-corrected chi connectivity index (χ0v) is 16.5. The van der Waals surface area contributed by atoms with Crippen LogP contribution in [-0.4, -0.2) is 25.8 Å². The van der Waals surface area contributed by atoms with Crippen molar-refractivity contribution in [2.24, 2.45) is 5.92 Å². The smallest absolute Gasteiger partial charge is 0.0509 e. The van der Waals surface area contributed by atoms with Crippen molar-refractivity contribution in [3.8, 4) is 11.8 Å². The summed E-state index contributed by atoms with van der Waals surface area (Å²) in [5.41, 5.74) is 4.51. The Kier molecular flexibility index (Phi) is 6.89. The monoisotopic (exact) mass is 369 g/mol. The van der Waals surface area contributed by atoms with Crippen LogP contribution in [0.15, 0.2) is 84.9 Å². The van der Waals surface area contributed by atoms with E-state index in [4.69, 9.17) is 0 Å². The SMILES string of the molecule is CN(C)c1ccc([C@@H](C#Cc2ccccc2)[C@H](CO)Cc2ccccc2)cc1. The van der Waals surface area contributed by atoms with Crippen molar-refractivity contribution >= 4 is 5.69 Å². The Morgan fingerprint density at radius 3 is 2.00 bits per heavy atom. The normalized spacial score (nSPS) is 12.5. The van der Waals surface area contributed by atoms with E-state index in [1.165, 1.54) is 5.56 Å². The van der Waals surface area contributed by atoms with E-state index in [9.17, 15) is 5.11 Å². The minimum absolute atomic E-state index is 0.0313. The van der Waals surface area contributed by atoms with Crippen molar-refractivity contribution in [2.75, 3.05) is 25.6 Å². The summed E-state index contributed by atoms with van der Waals surface area (Å²) in [6.45, 7) is 0.0957. The highest BCUT2D eigenvalue weighted by Crippen LogP contribution is 2.29. The van der Waals surface area contributed by atoms with Gasteiger partial charge >= 0.3 is 0 Å². The zero-order chi connectivity index (χ0) is 19.8. The van der Waals surface area contributed by atoms with Crippen LogP contribution in [0.4, 0.5) is 5.69 Å². The first-order valence-corrected chi connectivity index (χ1v) is 9.66. The summed E-state index contributed by atoms with van der Waals surface area (Å²) in [5, 5.41) is 10.2. The van der Waals surface area contributed by atoms with E-state index in [0.29, 0.717) is 0 Å². The van der Waals surface area contributed by atoms with Crippen molar-refractivity contribution in [1.29, 1.82) is 0 Å². The Labute approximate surface area is 168 Å². The lowest BCUT2D eigenvalue weighted by atomic mass is 9.82. The number of hydrogen-bond donors (Lipinski definition) is 1. The molecule has 0 radical (unpaired) electrons. The number of hydrogen-bond acceptors (Lipinski definition) is 2. The van der Waals surface area contributed by atoms with Crippen molar-refractivity contribution in [1.82, 2.24) is 0 Å². The molecule has 28 heavy (non-hydrogen) atoms. The van der Waals surface area contributed by atoms with Crippen LogP contribution in [0, 0.1) is 17.8 Å². The van der Waals surface area contributed by atoms with Gasteiger partial charge in [-0.25, -0.2) is 0 Å². The Balaban J connectivity index is 1.94. The van der Waals surface area contributed by atoms with Crippen LogP contribution in [0.1, 0.15) is 22.6 Å². The number of anilines is 1. The van der Waals surface area contributed by atoms with Gasteiger partial charge in [-0.15, -0.1) is 0 Å². The van der Waals surface area contributed by atoms with Crippen LogP contribution in [0.5, 0.6) is 0 Å². The summed E-state index contributed by atoms with van der Waals surface area (Å²) in [6.07, 6.45) is 0.793. The molecule has 0 saturated carbocycles. The molecular weight excluding hydrogens is 342 g/mol. The Bertz CT molecular complexity index is 905. The first-order valence-electron chi connectivity index (χ1n) is 9.66. The summed E-state index contributed by atoms with van der Waals surface area (Å²) in [6, 6.07) is 28.8. The molecule has 3 aromatic carbocycles. The molecule has 3 aromatic rings. The van der Waals surface area contributed by atoms with Crippen LogP contribution in [-0.2, 0) is 6.42 Å². The molecule has 0 aromatic heterocycles. The fraction of sp³-hybridized carbons (Fsp3) is 0.231. The summed E-state index contributed by atoms with van der Waals surface area (Å²) in [5.74, 6) is 6.75. The molecule has 142 valence electrons. The second-order valence-electron chi connectivity index (χ2n) is 7.23. The van der Waals surface area contributed by atoms with Crippen molar-refractivity contribution in [3.63, 3.8) is 0 Å². The number of rotatable bonds is 6. The highest BCUT2D eigenvalue weighted by Gasteiger charge is 2.21. The Morgan fingerprint density at radius 1 is 0.821 bits per heavy atom. The highest BCUT2D eigenvalue weighted by atomic mass is 16.3. The molecule has 3 rings (SSSR count). The van der Waals surface area contributed by atoms with Gasteiger partial charge in [-0.1, -0.05) is 72.5 Å². The fourth-order valence-corrected chi connectivity index (χ4v) is 3.34. The maximum Gasteiger partial charge on any atom is 0.0509 e. The van der Waals surface area contributed by atoms with Gasteiger partial charge in [-0.3, -0.25) is 0 Å². The fourth-order valence-electron chi connectivity index (χ4n) is 3.34. The average molecular weight is 370 g/mol. The molecule has 0 aliphatic rings. The van der Waals surface area contributed by atoms with E-state index < -0.39 is 0 Å². The van der Waals surface area contributed by atoms with Gasteiger partial charge in [0.05, 0.1) is 5.92 Å². The Hall–Kier alpha value is -3.02. The molecule has 0 saturated heterocycles. The molecule has 0 aliphatic carbocycles. The van der Waals surface area contributed by atoms with Crippen molar-refractivity contribution < 1.29 is 5.11 Å². The van der Waals surface area contributed by atoms with E-state index in [1.807, 2.05) is 62.6 Å². The predicted octanol–water partition coefficient (Wildman–Crippen LogP) is 4.74. The minimum Gasteiger partial charge on any atom is -0.396 e. The number of aliphatic hydroxyl groups excluding tert-OH is 1. The molecular formula is C26H27NO. The molecule has 0 unspecified atom stereocenters. The minimum atomic E-state index is -0.0402. The molecule has 0 spiro atoms. The van der Waals surface area contributed by atoms with Crippen molar-refractivity contribution in [3.05, 3.63) is 102 Å². The molecule has 2 nitrogen and oxygen atoms in total. The first-order chi connectivity index (χ1) is 13.7. The van der Waals surface area contributed by atoms with E-state index >= 15 is 0 Å². The molecule has 0 heterocycles. The molecule has 0 fully saturated rings. The summed E-state index contributed by atoms with van der Waals surface area (Å²) >= 11 is 0. The van der Waals surface area contributed by atoms with Gasteiger partial charge in [0.25, 0.3) is 0 Å². The lowest BCUT2D eigenvalue weighted by molar-refractivity contribution is 0.216. The first kappa shape index (κ1) is 19.7. The van der Waals surface area contributed by atoms with Gasteiger partial charge in [0, 0.05) is 37.9 Å². The van der Waals surface area contributed by atoms with Crippen LogP contribution < -0.4 is 4.90 Å². The number of nitrogens with zero attached hydrogens (tertiary/aromatic N) is 1. The summed E-state index contributed by atoms with van der Waals surface area (Å²) in [4.78, 5) is 2.09. The number of benzene rings is 3. The van der Waals surface area contributed by atoms with E-state index in [-0.39, 0.29) is 18.4 Å². The predicted molar refractivity (Wildman–Crippen MR) is 118 cm³/mol. The quantitative estimate of drug-likeness (QED) is 0.635. The largest absolute Gasteiger partial charge is 0.396 e. The highest BCUT2D eigenvalue weighted by molar-refractivity contribution is 5.48. The average Bonchev–Trinajstić information content (AvgIpc) is 2.75. The maximum absolute atomic E-state index is 10.2. The third-order valence-corrected chi connectivity index (χ3v) is 4.96. The van der Waals surface area contributed by atoms with Crippen LogP contribution in [0.3, 0.4) is 0 Å². The molecule has 2 atom stereocenters. The van der Waals surface area contributed by atoms with Gasteiger partial charge < -0.3 is 10.0 Å². The van der Waals surface area contributed by atoms with Gasteiger partial charge in [0.1, 0.15) is 0 Å². The van der Waals surface area contributed by atoms with E-state index in [2.05, 4.69) is 53.1 Å². The van der Waals surface area contributed by atoms with Gasteiger partial charge in [-0.05, 0) is 41.8 Å². The van der Waals surface area contributed by atoms with Gasteiger partial charge in [0.2, 0.25) is 0 Å². The van der Waals surface area contributed by atoms with E-state index in [1.54, 1.807) is 0 Å². The second kappa shape index (κ2) is 9.78. The molecule has 0 amide bonds. The van der Waals surface area contributed by atoms with E-state index in [0.717, 1.165) is 23.2 Å². The van der Waals surface area contributed by atoms with Crippen LogP contribution in [0.2, 0.25) is 0 Å². The lowest BCUT2D eigenvalue weighted by Gasteiger charge is -2.23. The summed E-state index contributed by atoms with van der Waals surface area (Å²) in [7, 11) is 4.07. The van der Waals surface area contributed by atoms with Crippen molar-refractivity contribution in [2.45, 2.75) is 12.3 Å². The van der Waals surface area contributed by atoms with Gasteiger partial charge in [-0.2, -0.15) is 0 Å². The summed E-state index contributed by atoms with van der Waals surface area (Å²) < 4.78 is 0. The lowest BCUT2D eigenvalue weighted by Crippen LogP contribution is -2.19. The van der Waals surface area contributed by atoms with Crippen LogP contribution in [0.25, 0.3) is 0 Å². The second-order valence-corrected chi connectivity index (χ2v) is 7.23. The zero-order valence-electron chi connectivity index (χ0n) is 16.5. The Morgan fingerprint density at radius 2 is 1.43 bits per heavy atom. The third-order valence-electron chi connectivity index (χ3n) is 4.96. The number of aliphatic hydroxyl groups is 1. The third kappa shape index (κ3) is 5.25. The standard InChI is InChI=1S/C26H27NO/c1-27(2)25-16-14-23(15-17-25)26(18-13-21-9-5-3-6-10-21)24(20-28)19-22-11-7-4-8-12-22/h3-12,14-17,24,26,28H,19-20H2,1-2H3/t24-,26+/m0/s1. The molecule has 0 aliphatic heterocycles.